The number of rotatable bonds is 8. The van der Waals surface area contributed by atoms with E-state index in [2.05, 4.69) is 49.5 Å². The van der Waals surface area contributed by atoms with E-state index in [1.165, 1.54) is 63.5 Å². The van der Waals surface area contributed by atoms with Crippen LogP contribution in [0.1, 0.15) is 76.8 Å². The first-order valence-electron chi connectivity index (χ1n) is 9.08. The van der Waals surface area contributed by atoms with Crippen LogP contribution in [0.5, 0.6) is 0 Å². The van der Waals surface area contributed by atoms with Crippen LogP contribution in [0.2, 0.25) is 0 Å². The lowest BCUT2D eigenvalue weighted by atomic mass is 9.82. The maximum atomic E-state index is 3.89. The van der Waals surface area contributed by atoms with Crippen LogP contribution < -0.4 is 5.32 Å². The van der Waals surface area contributed by atoms with Crippen molar-refractivity contribution in [2.75, 3.05) is 6.54 Å². The van der Waals surface area contributed by atoms with Crippen LogP contribution in [0, 0.1) is 11.8 Å². The molecule has 118 valence electrons. The summed E-state index contributed by atoms with van der Waals surface area (Å²) in [6.07, 6.45) is 11.0. The van der Waals surface area contributed by atoms with Crippen molar-refractivity contribution < 1.29 is 0 Å². The summed E-state index contributed by atoms with van der Waals surface area (Å²) in [7, 11) is 0. The number of hydrogen-bond donors (Lipinski definition) is 1. The van der Waals surface area contributed by atoms with E-state index in [9.17, 15) is 0 Å². The number of unbranched alkanes of at least 4 members (excludes halogenated alkanes) is 2. The minimum Gasteiger partial charge on any atom is -0.310 e. The monoisotopic (exact) mass is 287 g/mol. The van der Waals surface area contributed by atoms with Gasteiger partial charge in [-0.15, -0.1) is 0 Å². The van der Waals surface area contributed by atoms with Gasteiger partial charge in [0.05, 0.1) is 0 Å². The predicted molar refractivity (Wildman–Crippen MR) is 92.4 cm³/mol. The molecule has 0 heterocycles. The number of hydrogen-bond acceptors (Lipinski definition) is 1. The summed E-state index contributed by atoms with van der Waals surface area (Å²) in [4.78, 5) is 0. The van der Waals surface area contributed by atoms with E-state index >= 15 is 0 Å². The van der Waals surface area contributed by atoms with Gasteiger partial charge < -0.3 is 5.32 Å². The Hall–Kier alpha value is -0.820. The first-order valence-corrected chi connectivity index (χ1v) is 9.08. The van der Waals surface area contributed by atoms with Gasteiger partial charge in [-0.2, -0.15) is 0 Å². The Bertz CT molecular complexity index is 373. The third-order valence-electron chi connectivity index (χ3n) is 5.00. The Morgan fingerprint density at radius 3 is 2.67 bits per heavy atom. The summed E-state index contributed by atoms with van der Waals surface area (Å²) in [6, 6.07) is 11.6. The molecule has 1 nitrogen and oxygen atoms in total. The Morgan fingerprint density at radius 1 is 1.14 bits per heavy atom. The molecule has 3 atom stereocenters. The van der Waals surface area contributed by atoms with Crippen LogP contribution >= 0.6 is 0 Å². The molecule has 1 N–H and O–H groups in total. The molecule has 1 saturated carbocycles. The second-order valence-corrected chi connectivity index (χ2v) is 7.01. The van der Waals surface area contributed by atoms with Gasteiger partial charge in [-0.25, -0.2) is 0 Å². The molecule has 0 aromatic heterocycles. The average Bonchev–Trinajstić information content (AvgIpc) is 2.52. The molecule has 3 unspecified atom stereocenters. The summed E-state index contributed by atoms with van der Waals surface area (Å²) in [6.45, 7) is 5.91. The van der Waals surface area contributed by atoms with Crippen molar-refractivity contribution >= 4 is 0 Å². The highest BCUT2D eigenvalue weighted by molar-refractivity contribution is 5.18. The lowest BCUT2D eigenvalue weighted by Crippen LogP contribution is -2.30. The molecule has 1 fully saturated rings. The van der Waals surface area contributed by atoms with Crippen LogP contribution in [0.3, 0.4) is 0 Å². The molecule has 1 aliphatic carbocycles. The minimum atomic E-state index is 0.551. The molecule has 0 aliphatic heterocycles. The van der Waals surface area contributed by atoms with Crippen molar-refractivity contribution in [1.29, 1.82) is 0 Å². The van der Waals surface area contributed by atoms with Gasteiger partial charge in [0.25, 0.3) is 0 Å². The minimum absolute atomic E-state index is 0.551. The Kier molecular flexibility index (Phi) is 7.29. The maximum Gasteiger partial charge on any atom is 0.0320 e. The lowest BCUT2D eigenvalue weighted by Gasteiger charge is -2.29. The van der Waals surface area contributed by atoms with Gasteiger partial charge in [0.1, 0.15) is 0 Å². The van der Waals surface area contributed by atoms with Crippen molar-refractivity contribution in [2.24, 2.45) is 11.8 Å². The molecule has 0 bridgehead atoms. The van der Waals surface area contributed by atoms with Crippen molar-refractivity contribution in [3.63, 3.8) is 0 Å². The summed E-state index contributed by atoms with van der Waals surface area (Å²) < 4.78 is 0. The number of nitrogens with one attached hydrogen (secondary N) is 1. The second kappa shape index (κ2) is 9.25. The SMILES string of the molecule is CCCCCC(NCC1CCCC(C)C1)c1ccccc1. The van der Waals surface area contributed by atoms with Crippen LogP contribution in [-0.2, 0) is 0 Å². The van der Waals surface area contributed by atoms with Crippen LogP contribution in [0.15, 0.2) is 30.3 Å². The molecule has 1 aromatic carbocycles. The molecule has 0 saturated heterocycles. The predicted octanol–water partition coefficient (Wildman–Crippen LogP) is 5.72. The van der Waals surface area contributed by atoms with E-state index in [0.29, 0.717) is 6.04 Å². The van der Waals surface area contributed by atoms with E-state index in [1.54, 1.807) is 0 Å². The molecule has 1 heteroatoms. The molecular weight excluding hydrogens is 254 g/mol. The van der Waals surface area contributed by atoms with Crippen molar-refractivity contribution in [3.8, 4) is 0 Å². The van der Waals surface area contributed by atoms with E-state index < -0.39 is 0 Å². The fourth-order valence-electron chi connectivity index (χ4n) is 3.72. The zero-order valence-corrected chi connectivity index (χ0v) is 14.0. The average molecular weight is 287 g/mol. The summed E-state index contributed by atoms with van der Waals surface area (Å²) in [5.41, 5.74) is 1.47. The Labute approximate surface area is 131 Å². The van der Waals surface area contributed by atoms with Gasteiger partial charge >= 0.3 is 0 Å². The zero-order chi connectivity index (χ0) is 14.9. The third-order valence-corrected chi connectivity index (χ3v) is 5.00. The first kappa shape index (κ1) is 16.5. The molecule has 2 rings (SSSR count). The zero-order valence-electron chi connectivity index (χ0n) is 14.0. The molecular formula is C20H33N. The maximum absolute atomic E-state index is 3.89. The van der Waals surface area contributed by atoms with E-state index in [1.807, 2.05) is 0 Å². The van der Waals surface area contributed by atoms with Crippen LogP contribution in [0.4, 0.5) is 0 Å². The van der Waals surface area contributed by atoms with Crippen molar-refractivity contribution in [1.82, 2.24) is 5.32 Å². The summed E-state index contributed by atoms with van der Waals surface area (Å²) in [5.74, 6) is 1.83. The van der Waals surface area contributed by atoms with E-state index in [0.717, 1.165) is 11.8 Å². The Morgan fingerprint density at radius 2 is 1.95 bits per heavy atom. The summed E-state index contributed by atoms with van der Waals surface area (Å²) in [5, 5.41) is 3.89. The van der Waals surface area contributed by atoms with Crippen LogP contribution in [0.25, 0.3) is 0 Å². The van der Waals surface area contributed by atoms with E-state index in [4.69, 9.17) is 0 Å². The highest BCUT2D eigenvalue weighted by atomic mass is 14.9. The molecule has 0 spiro atoms. The summed E-state index contributed by atoms with van der Waals surface area (Å²) >= 11 is 0. The van der Waals surface area contributed by atoms with Gasteiger partial charge in [0.15, 0.2) is 0 Å². The highest BCUT2D eigenvalue weighted by Gasteiger charge is 2.20. The van der Waals surface area contributed by atoms with Crippen molar-refractivity contribution in [2.45, 2.75) is 71.3 Å². The largest absolute Gasteiger partial charge is 0.310 e. The normalized spacial score (nSPS) is 23.9. The fourth-order valence-corrected chi connectivity index (χ4v) is 3.72. The van der Waals surface area contributed by atoms with E-state index in [-0.39, 0.29) is 0 Å². The molecule has 1 aliphatic rings. The van der Waals surface area contributed by atoms with Gasteiger partial charge in [0, 0.05) is 6.04 Å². The van der Waals surface area contributed by atoms with Gasteiger partial charge in [-0.05, 0) is 43.2 Å². The van der Waals surface area contributed by atoms with Crippen LogP contribution in [-0.4, -0.2) is 6.54 Å². The fraction of sp³-hybridized carbons (Fsp3) is 0.700. The molecule has 1 aromatic rings. The second-order valence-electron chi connectivity index (χ2n) is 7.01. The Balaban J connectivity index is 1.86. The molecule has 0 radical (unpaired) electrons. The van der Waals surface area contributed by atoms with Gasteiger partial charge in [-0.3, -0.25) is 0 Å². The lowest BCUT2D eigenvalue weighted by molar-refractivity contribution is 0.264. The molecule has 0 amide bonds. The third kappa shape index (κ3) is 5.82. The standard InChI is InChI=1S/C20H33N/c1-3-4-6-14-20(19-12-7-5-8-13-19)21-16-18-11-9-10-17(2)15-18/h5,7-8,12-13,17-18,20-21H,3-4,6,9-11,14-16H2,1-2H3. The van der Waals surface area contributed by atoms with Gasteiger partial charge in [0.2, 0.25) is 0 Å². The topological polar surface area (TPSA) is 12.0 Å². The smallest absolute Gasteiger partial charge is 0.0320 e. The van der Waals surface area contributed by atoms with Gasteiger partial charge in [-0.1, -0.05) is 76.3 Å². The quantitative estimate of drug-likeness (QED) is 0.603. The van der Waals surface area contributed by atoms with Crippen molar-refractivity contribution in [3.05, 3.63) is 35.9 Å². The number of benzene rings is 1. The molecule has 21 heavy (non-hydrogen) atoms. The first-order chi connectivity index (χ1) is 10.3. The highest BCUT2D eigenvalue weighted by Crippen LogP contribution is 2.29.